The quantitative estimate of drug-likeness (QED) is 0.780. The number of rotatable bonds is 6. The molecule has 2 rings (SSSR count). The fourth-order valence-corrected chi connectivity index (χ4v) is 2.03. The van der Waals surface area contributed by atoms with E-state index < -0.39 is 0 Å². The fraction of sp³-hybridized carbons (Fsp3) is 0.538. The van der Waals surface area contributed by atoms with Gasteiger partial charge in [-0.3, -0.25) is 4.79 Å². The Kier molecular flexibility index (Phi) is 4.15. The summed E-state index contributed by atoms with van der Waals surface area (Å²) in [5, 5.41) is 7.43. The molecule has 5 nitrogen and oxygen atoms in total. The maximum Gasteiger partial charge on any atom is 0.276 e. The van der Waals surface area contributed by atoms with E-state index in [9.17, 15) is 4.79 Å². The first-order valence-corrected chi connectivity index (χ1v) is 6.46. The van der Waals surface area contributed by atoms with E-state index in [1.54, 1.807) is 27.5 Å². The first-order valence-electron chi connectivity index (χ1n) is 6.46. The minimum absolute atomic E-state index is 0.0253. The lowest BCUT2D eigenvalue weighted by Gasteiger charge is -2.14. The van der Waals surface area contributed by atoms with Gasteiger partial charge >= 0.3 is 0 Å². The van der Waals surface area contributed by atoms with Gasteiger partial charge in [0.15, 0.2) is 0 Å². The average Bonchev–Trinajstić information content (AvgIpc) is 2.82. The lowest BCUT2D eigenvalue weighted by Crippen LogP contribution is -2.29. The Morgan fingerprint density at radius 3 is 3.06 bits per heavy atom. The molecule has 0 aliphatic heterocycles. The second-order valence-corrected chi connectivity index (χ2v) is 4.73. The van der Waals surface area contributed by atoms with Gasteiger partial charge in [0.25, 0.3) is 5.56 Å². The molecule has 1 unspecified atom stereocenters. The van der Waals surface area contributed by atoms with E-state index in [1.807, 2.05) is 6.20 Å². The number of hydrogen-bond acceptors (Lipinski definition) is 3. The van der Waals surface area contributed by atoms with Crippen LogP contribution in [0.1, 0.15) is 20.3 Å². The van der Waals surface area contributed by atoms with Crippen LogP contribution in [-0.4, -0.2) is 27.3 Å². The van der Waals surface area contributed by atoms with Gasteiger partial charge in [-0.05, 0) is 31.5 Å². The van der Waals surface area contributed by atoms with Gasteiger partial charge in [-0.1, -0.05) is 13.8 Å². The molecular weight excluding hydrogens is 228 g/mol. The second-order valence-electron chi connectivity index (χ2n) is 4.73. The topological polar surface area (TPSA) is 51.3 Å². The molecule has 98 valence electrons. The van der Waals surface area contributed by atoms with Crippen molar-refractivity contribution in [1.29, 1.82) is 0 Å². The maximum absolute atomic E-state index is 12.1. The van der Waals surface area contributed by atoms with Crippen LogP contribution in [0.3, 0.4) is 0 Å². The summed E-state index contributed by atoms with van der Waals surface area (Å²) < 4.78 is 3.37. The Morgan fingerprint density at radius 2 is 2.28 bits per heavy atom. The first kappa shape index (κ1) is 12.8. The third-order valence-corrected chi connectivity index (χ3v) is 2.97. The third kappa shape index (κ3) is 2.79. The molecule has 0 aromatic carbocycles. The minimum Gasteiger partial charge on any atom is -0.316 e. The van der Waals surface area contributed by atoms with Crippen molar-refractivity contribution in [3.8, 4) is 0 Å². The van der Waals surface area contributed by atoms with E-state index in [1.165, 1.54) is 0 Å². The molecule has 2 heterocycles. The largest absolute Gasteiger partial charge is 0.316 e. The summed E-state index contributed by atoms with van der Waals surface area (Å²) in [5.74, 6) is 0.430. The van der Waals surface area contributed by atoms with Crippen LogP contribution in [0, 0.1) is 5.92 Å². The molecule has 1 atom stereocenters. The van der Waals surface area contributed by atoms with Crippen molar-refractivity contribution < 1.29 is 0 Å². The van der Waals surface area contributed by atoms with E-state index in [0.29, 0.717) is 11.4 Å². The summed E-state index contributed by atoms with van der Waals surface area (Å²) in [7, 11) is 0. The molecular formula is C13H20N4O. The highest BCUT2D eigenvalue weighted by atomic mass is 16.1. The summed E-state index contributed by atoms with van der Waals surface area (Å²) >= 11 is 0. The molecule has 0 aliphatic carbocycles. The van der Waals surface area contributed by atoms with Gasteiger partial charge in [-0.2, -0.15) is 5.10 Å². The molecule has 0 saturated carbocycles. The number of nitrogens with one attached hydrogen (secondary N) is 1. The molecule has 0 bridgehead atoms. The van der Waals surface area contributed by atoms with Crippen LogP contribution in [0.25, 0.3) is 5.52 Å². The first-order chi connectivity index (χ1) is 8.72. The molecule has 5 heteroatoms. The smallest absolute Gasteiger partial charge is 0.276 e. The average molecular weight is 248 g/mol. The third-order valence-electron chi connectivity index (χ3n) is 2.97. The van der Waals surface area contributed by atoms with Crippen molar-refractivity contribution >= 4 is 5.52 Å². The summed E-state index contributed by atoms with van der Waals surface area (Å²) in [6.45, 7) is 6.99. The van der Waals surface area contributed by atoms with Crippen LogP contribution in [0.2, 0.25) is 0 Å². The molecule has 0 aliphatic rings. The van der Waals surface area contributed by atoms with Crippen LogP contribution >= 0.6 is 0 Å². The highest BCUT2D eigenvalue weighted by molar-refractivity contribution is 5.42. The van der Waals surface area contributed by atoms with E-state index in [-0.39, 0.29) is 5.56 Å². The van der Waals surface area contributed by atoms with Gasteiger partial charge in [0.1, 0.15) is 5.52 Å². The molecule has 0 radical (unpaired) electrons. The SMILES string of the molecule is CCCNCC(C)Cn1ccn2nccc2c1=O. The van der Waals surface area contributed by atoms with Crippen LogP contribution in [0.5, 0.6) is 0 Å². The maximum atomic E-state index is 12.1. The van der Waals surface area contributed by atoms with Crippen LogP contribution in [0.4, 0.5) is 0 Å². The van der Waals surface area contributed by atoms with Crippen molar-refractivity contribution in [3.05, 3.63) is 35.0 Å². The summed E-state index contributed by atoms with van der Waals surface area (Å²) in [4.78, 5) is 12.1. The molecule has 0 amide bonds. The number of aromatic nitrogens is 3. The minimum atomic E-state index is 0.0253. The predicted molar refractivity (Wildman–Crippen MR) is 71.8 cm³/mol. The monoisotopic (exact) mass is 248 g/mol. The second kappa shape index (κ2) is 5.82. The van der Waals surface area contributed by atoms with Crippen molar-refractivity contribution in [1.82, 2.24) is 19.5 Å². The molecule has 1 N–H and O–H groups in total. The van der Waals surface area contributed by atoms with Crippen LogP contribution < -0.4 is 10.9 Å². The Hall–Kier alpha value is -1.62. The van der Waals surface area contributed by atoms with Gasteiger partial charge in [-0.25, -0.2) is 4.52 Å². The zero-order valence-corrected chi connectivity index (χ0v) is 11.0. The van der Waals surface area contributed by atoms with Crippen LogP contribution in [-0.2, 0) is 6.54 Å². The zero-order valence-electron chi connectivity index (χ0n) is 11.0. The summed E-state index contributed by atoms with van der Waals surface area (Å²) in [6.07, 6.45) is 6.41. The number of nitrogens with zero attached hydrogens (tertiary/aromatic N) is 3. The molecule has 2 aromatic rings. The molecule has 0 saturated heterocycles. The van der Waals surface area contributed by atoms with Crippen molar-refractivity contribution in [2.45, 2.75) is 26.8 Å². The predicted octanol–water partition coefficient (Wildman–Crippen LogP) is 1.13. The van der Waals surface area contributed by atoms with E-state index in [0.717, 1.165) is 26.1 Å². The Balaban J connectivity index is 2.07. The Bertz CT molecular complexity index is 557. The number of hydrogen-bond donors (Lipinski definition) is 1. The summed E-state index contributed by atoms with van der Waals surface area (Å²) in [5.41, 5.74) is 0.656. The van der Waals surface area contributed by atoms with Gasteiger partial charge in [0, 0.05) is 18.9 Å². The lowest BCUT2D eigenvalue weighted by atomic mass is 10.2. The summed E-state index contributed by atoms with van der Waals surface area (Å²) in [6, 6.07) is 1.75. The Labute approximate surface area is 106 Å². The van der Waals surface area contributed by atoms with Crippen molar-refractivity contribution in [3.63, 3.8) is 0 Å². The molecule has 0 fully saturated rings. The highest BCUT2D eigenvalue weighted by Crippen LogP contribution is 1.99. The zero-order chi connectivity index (χ0) is 13.0. The standard InChI is InChI=1S/C13H20N4O/c1-3-5-14-9-11(2)10-16-7-8-17-12(13(16)18)4-6-15-17/h4,6-8,11,14H,3,5,9-10H2,1-2H3. The normalized spacial score (nSPS) is 13.0. The lowest BCUT2D eigenvalue weighted by molar-refractivity contribution is 0.439. The van der Waals surface area contributed by atoms with Gasteiger partial charge < -0.3 is 9.88 Å². The van der Waals surface area contributed by atoms with E-state index in [2.05, 4.69) is 24.3 Å². The van der Waals surface area contributed by atoms with Gasteiger partial charge in [0.2, 0.25) is 0 Å². The van der Waals surface area contributed by atoms with Crippen molar-refractivity contribution in [2.75, 3.05) is 13.1 Å². The van der Waals surface area contributed by atoms with Gasteiger partial charge in [-0.15, -0.1) is 0 Å². The Morgan fingerprint density at radius 1 is 1.44 bits per heavy atom. The van der Waals surface area contributed by atoms with Crippen LogP contribution in [0.15, 0.2) is 29.5 Å². The molecule has 0 spiro atoms. The molecule has 18 heavy (non-hydrogen) atoms. The van der Waals surface area contributed by atoms with Crippen molar-refractivity contribution in [2.24, 2.45) is 5.92 Å². The van der Waals surface area contributed by atoms with E-state index >= 15 is 0 Å². The van der Waals surface area contributed by atoms with Gasteiger partial charge in [0.05, 0.1) is 6.20 Å². The highest BCUT2D eigenvalue weighted by Gasteiger charge is 2.07. The van der Waals surface area contributed by atoms with E-state index in [4.69, 9.17) is 0 Å². The number of fused-ring (bicyclic) bond motifs is 1. The molecule has 2 aromatic heterocycles. The fourth-order valence-electron chi connectivity index (χ4n) is 2.03.